The van der Waals surface area contributed by atoms with Gasteiger partial charge in [-0.3, -0.25) is 9.48 Å². The lowest BCUT2D eigenvalue weighted by atomic mass is 9.93. The molecule has 3 N–H and O–H groups in total. The Hall–Kier alpha value is -4.45. The lowest BCUT2D eigenvalue weighted by Crippen LogP contribution is -2.21. The van der Waals surface area contributed by atoms with Crippen LogP contribution < -0.4 is 10.6 Å². The van der Waals surface area contributed by atoms with Crippen molar-refractivity contribution in [3.63, 3.8) is 0 Å². The molecule has 4 aromatic rings. The fourth-order valence-corrected chi connectivity index (χ4v) is 5.57. The van der Waals surface area contributed by atoms with Crippen LogP contribution >= 0.6 is 0 Å². The summed E-state index contributed by atoms with van der Waals surface area (Å²) in [6.07, 6.45) is 2.50. The lowest BCUT2D eigenvalue weighted by molar-refractivity contribution is -0.137. The van der Waals surface area contributed by atoms with E-state index in [4.69, 9.17) is 0 Å². The number of aliphatic hydroxyl groups is 1. The number of benzene rings is 2. The van der Waals surface area contributed by atoms with E-state index < -0.39 is 17.6 Å². The predicted molar refractivity (Wildman–Crippen MR) is 152 cm³/mol. The zero-order valence-electron chi connectivity index (χ0n) is 23.1. The van der Waals surface area contributed by atoms with E-state index in [0.29, 0.717) is 23.4 Å². The van der Waals surface area contributed by atoms with Gasteiger partial charge in [0.25, 0.3) is 5.91 Å². The maximum Gasteiger partial charge on any atom is 0.421 e. The van der Waals surface area contributed by atoms with Gasteiger partial charge in [-0.25, -0.2) is 4.98 Å². The summed E-state index contributed by atoms with van der Waals surface area (Å²) in [6, 6.07) is 10.9. The van der Waals surface area contributed by atoms with Crippen molar-refractivity contribution in [2.24, 2.45) is 0 Å². The number of halogens is 3. The predicted octanol–water partition coefficient (Wildman–Crippen LogP) is 6.22. The maximum absolute atomic E-state index is 14.0. The van der Waals surface area contributed by atoms with Gasteiger partial charge in [-0.05, 0) is 61.9 Å². The third kappa shape index (κ3) is 5.41. The molecule has 3 heterocycles. The van der Waals surface area contributed by atoms with Gasteiger partial charge in [-0.1, -0.05) is 23.8 Å². The molecule has 6 rings (SSSR count). The van der Waals surface area contributed by atoms with Crippen molar-refractivity contribution in [2.75, 3.05) is 17.7 Å². The van der Waals surface area contributed by atoms with Crippen LogP contribution in [0.3, 0.4) is 0 Å². The zero-order chi connectivity index (χ0) is 29.6. The first-order valence-electron chi connectivity index (χ1n) is 13.8. The highest BCUT2D eigenvalue weighted by atomic mass is 19.4. The van der Waals surface area contributed by atoms with Crippen LogP contribution in [0.1, 0.15) is 58.8 Å². The molecule has 0 bridgehead atoms. The number of fused-ring (bicyclic) bond motifs is 1. The molecule has 1 amide bonds. The van der Waals surface area contributed by atoms with Crippen molar-refractivity contribution in [1.29, 1.82) is 0 Å². The number of aliphatic hydroxyl groups excluding tert-OH is 1. The second kappa shape index (κ2) is 10.8. The Bertz CT molecular complexity index is 1630. The SMILES string of the molecule is Cc1ccc(Nc2ncc(C(F)(F)F)c(Nc3ccc(-c4cnn(C5CCC(O)CC5)c4)c4c3C(=O)N(C)C4)n2)cc1. The largest absolute Gasteiger partial charge is 0.421 e. The summed E-state index contributed by atoms with van der Waals surface area (Å²) in [5.74, 6) is -0.783. The second-order valence-corrected chi connectivity index (χ2v) is 10.9. The van der Waals surface area contributed by atoms with E-state index in [-0.39, 0.29) is 29.7 Å². The van der Waals surface area contributed by atoms with E-state index >= 15 is 0 Å². The number of amides is 1. The van der Waals surface area contributed by atoms with Crippen molar-refractivity contribution >= 4 is 29.0 Å². The van der Waals surface area contributed by atoms with Crippen LogP contribution in [0.4, 0.5) is 36.3 Å². The van der Waals surface area contributed by atoms with Crippen LogP contribution in [0, 0.1) is 6.92 Å². The Morgan fingerprint density at radius 3 is 2.45 bits per heavy atom. The van der Waals surface area contributed by atoms with Gasteiger partial charge in [0.1, 0.15) is 11.4 Å². The lowest BCUT2D eigenvalue weighted by Gasteiger charge is -2.25. The molecular formula is C30H30F3N7O2. The fraction of sp³-hybridized carbons (Fsp3) is 0.333. The van der Waals surface area contributed by atoms with Crippen molar-refractivity contribution < 1.29 is 23.1 Å². The minimum Gasteiger partial charge on any atom is -0.393 e. The van der Waals surface area contributed by atoms with Crippen LogP contribution in [0.15, 0.2) is 55.0 Å². The number of aromatic nitrogens is 4. The molecule has 1 saturated carbocycles. The summed E-state index contributed by atoms with van der Waals surface area (Å²) in [5, 5.41) is 20.1. The average Bonchev–Trinajstić information content (AvgIpc) is 3.55. The molecule has 9 nitrogen and oxygen atoms in total. The van der Waals surface area contributed by atoms with Gasteiger partial charge in [-0.2, -0.15) is 23.3 Å². The Morgan fingerprint density at radius 2 is 1.74 bits per heavy atom. The van der Waals surface area contributed by atoms with Crippen molar-refractivity contribution in [1.82, 2.24) is 24.6 Å². The first kappa shape index (κ1) is 27.7. The standard InChI is InChI=1S/C30H30F3N7O2/c1-17-3-5-19(6-4-17)36-29-34-14-24(30(31,32)33)27(38-29)37-25-12-11-22(23-16-39(2)28(42)26(23)25)18-13-35-40(15-18)20-7-9-21(41)10-8-20/h3-6,11-15,20-21,41H,7-10,16H2,1-2H3,(H2,34,36,37,38). The maximum atomic E-state index is 14.0. The minimum atomic E-state index is -4.72. The molecule has 0 unspecified atom stereocenters. The van der Waals surface area contributed by atoms with Gasteiger partial charge in [0.2, 0.25) is 5.95 Å². The van der Waals surface area contributed by atoms with Crippen LogP contribution in [0.25, 0.3) is 11.1 Å². The zero-order valence-corrected chi connectivity index (χ0v) is 23.1. The topological polar surface area (TPSA) is 108 Å². The Labute approximate surface area is 240 Å². The van der Waals surface area contributed by atoms with Crippen LogP contribution in [-0.4, -0.2) is 48.8 Å². The number of rotatable bonds is 6. The molecular weight excluding hydrogens is 547 g/mol. The number of alkyl halides is 3. The van der Waals surface area contributed by atoms with Gasteiger partial charge in [0.05, 0.1) is 29.6 Å². The molecule has 0 spiro atoms. The van der Waals surface area contributed by atoms with Gasteiger partial charge in [-0.15, -0.1) is 0 Å². The van der Waals surface area contributed by atoms with Crippen LogP contribution in [-0.2, 0) is 12.7 Å². The molecule has 0 atom stereocenters. The molecule has 0 saturated heterocycles. The Morgan fingerprint density at radius 1 is 1.00 bits per heavy atom. The number of nitrogens with zero attached hydrogens (tertiary/aromatic N) is 5. The number of anilines is 4. The molecule has 42 heavy (non-hydrogen) atoms. The summed E-state index contributed by atoms with van der Waals surface area (Å²) in [5.41, 5.74) is 3.43. The Kier molecular flexibility index (Phi) is 7.09. The third-order valence-electron chi connectivity index (χ3n) is 7.88. The van der Waals surface area contributed by atoms with E-state index in [0.717, 1.165) is 48.6 Å². The second-order valence-electron chi connectivity index (χ2n) is 10.9. The van der Waals surface area contributed by atoms with Crippen molar-refractivity contribution in [3.8, 4) is 11.1 Å². The quantitative estimate of drug-likeness (QED) is 0.250. The monoisotopic (exact) mass is 577 g/mol. The van der Waals surface area contributed by atoms with Gasteiger partial charge in [0.15, 0.2) is 0 Å². The summed E-state index contributed by atoms with van der Waals surface area (Å²) >= 11 is 0. The molecule has 2 aromatic carbocycles. The number of hydrogen-bond acceptors (Lipinski definition) is 7. The number of nitrogens with one attached hydrogen (secondary N) is 2. The summed E-state index contributed by atoms with van der Waals surface area (Å²) in [6.45, 7) is 2.23. The Balaban J connectivity index is 1.35. The first-order chi connectivity index (χ1) is 20.1. The third-order valence-corrected chi connectivity index (χ3v) is 7.88. The van der Waals surface area contributed by atoms with E-state index in [1.54, 1.807) is 37.5 Å². The van der Waals surface area contributed by atoms with E-state index in [1.807, 2.05) is 29.9 Å². The molecule has 0 radical (unpaired) electrons. The van der Waals surface area contributed by atoms with E-state index in [2.05, 4.69) is 25.7 Å². The van der Waals surface area contributed by atoms with Gasteiger partial charge in [0, 0.05) is 37.2 Å². The van der Waals surface area contributed by atoms with Crippen molar-refractivity contribution in [2.45, 2.75) is 57.5 Å². The van der Waals surface area contributed by atoms with Crippen LogP contribution in [0.5, 0.6) is 0 Å². The highest BCUT2D eigenvalue weighted by Crippen LogP contribution is 2.41. The normalized spacial score (nSPS) is 18.7. The summed E-state index contributed by atoms with van der Waals surface area (Å²) < 4.78 is 43.9. The van der Waals surface area contributed by atoms with Gasteiger partial charge >= 0.3 is 6.18 Å². The minimum absolute atomic E-state index is 0.0197. The molecule has 2 aromatic heterocycles. The highest BCUT2D eigenvalue weighted by molar-refractivity contribution is 6.06. The highest BCUT2D eigenvalue weighted by Gasteiger charge is 2.37. The molecule has 2 aliphatic rings. The first-order valence-corrected chi connectivity index (χ1v) is 13.8. The van der Waals surface area contributed by atoms with E-state index in [9.17, 15) is 23.1 Å². The number of aryl methyl sites for hydroxylation is 1. The molecule has 1 aliphatic heterocycles. The van der Waals surface area contributed by atoms with Gasteiger partial charge < -0.3 is 20.6 Å². The summed E-state index contributed by atoms with van der Waals surface area (Å²) in [7, 11) is 1.65. The number of carbonyl (C=O) groups is 1. The smallest absolute Gasteiger partial charge is 0.393 e. The van der Waals surface area contributed by atoms with Crippen molar-refractivity contribution in [3.05, 3.63) is 77.2 Å². The molecule has 12 heteroatoms. The molecule has 1 aliphatic carbocycles. The van der Waals surface area contributed by atoms with E-state index in [1.165, 1.54) is 4.90 Å². The molecule has 1 fully saturated rings. The summed E-state index contributed by atoms with van der Waals surface area (Å²) in [4.78, 5) is 22.8. The van der Waals surface area contributed by atoms with Crippen LogP contribution in [0.2, 0.25) is 0 Å². The number of carbonyl (C=O) groups excluding carboxylic acids is 1. The molecule has 218 valence electrons. The number of hydrogen-bond donors (Lipinski definition) is 3. The fourth-order valence-electron chi connectivity index (χ4n) is 5.57. The average molecular weight is 578 g/mol.